The number of hydrogen-bond acceptors (Lipinski definition) is 3. The smallest absolute Gasteiger partial charge is 0.243 e. The maximum absolute atomic E-state index is 14.3. The van der Waals surface area contributed by atoms with Gasteiger partial charge in [0.2, 0.25) is 11.8 Å². The Morgan fingerprint density at radius 2 is 1.17 bits per heavy atom. The summed E-state index contributed by atoms with van der Waals surface area (Å²) in [5.41, 5.74) is 0.561. The van der Waals surface area contributed by atoms with E-state index < -0.39 is 0 Å². The van der Waals surface area contributed by atoms with Gasteiger partial charge in [-0.1, -0.05) is 136 Å². The van der Waals surface area contributed by atoms with Crippen LogP contribution >= 0.6 is 0 Å². The molecule has 0 aromatic heterocycles. The van der Waals surface area contributed by atoms with E-state index in [0.717, 1.165) is 62.9 Å². The highest BCUT2D eigenvalue weighted by Crippen LogP contribution is 2.89. The van der Waals surface area contributed by atoms with E-state index in [2.05, 4.69) is 29.0 Å². The van der Waals surface area contributed by atoms with Gasteiger partial charge in [-0.3, -0.25) is 9.59 Å². The zero-order valence-electron chi connectivity index (χ0n) is 31.9. The van der Waals surface area contributed by atoms with E-state index in [9.17, 15) is 9.59 Å². The second-order valence-electron chi connectivity index (χ2n) is 17.4. The molecule has 1 N–H and O–H groups in total. The molecule has 0 radical (unpaired) electrons. The molecule has 2 amide bonds. The van der Waals surface area contributed by atoms with Crippen LogP contribution in [-0.2, 0) is 9.59 Å². The van der Waals surface area contributed by atoms with Crippen LogP contribution in [0.25, 0.3) is 0 Å². The second kappa shape index (κ2) is 19.5. The third kappa shape index (κ3) is 9.03. The number of nitrogens with one attached hydrogen (secondary N) is 1. The largest absolute Gasteiger partial charge is 0.348 e. The number of carbonyl (C=O) groups excluding carboxylic acids is 2. The topological polar surface area (TPSA) is 52.7 Å². The Kier molecular flexibility index (Phi) is 15.5. The van der Waals surface area contributed by atoms with Crippen molar-refractivity contribution in [3.63, 3.8) is 0 Å². The van der Waals surface area contributed by atoms with Crippen molar-refractivity contribution in [2.24, 2.45) is 23.2 Å². The first-order valence-electron chi connectivity index (χ1n) is 21.9. The Hall–Kier alpha value is -1.10. The van der Waals surface area contributed by atoms with Crippen molar-refractivity contribution in [2.75, 3.05) is 26.2 Å². The normalized spacial score (nSPS) is 28.8. The Bertz CT molecular complexity index is 934. The van der Waals surface area contributed by atoms with Crippen LogP contribution in [0.5, 0.6) is 0 Å². The van der Waals surface area contributed by atoms with Crippen molar-refractivity contribution in [1.82, 2.24) is 15.1 Å². The van der Waals surface area contributed by atoms with Crippen molar-refractivity contribution >= 4 is 11.8 Å². The third-order valence-electron chi connectivity index (χ3n) is 14.2. The van der Waals surface area contributed by atoms with E-state index in [-0.39, 0.29) is 23.4 Å². The van der Waals surface area contributed by atoms with Gasteiger partial charge in [0, 0.05) is 23.9 Å². The van der Waals surface area contributed by atoms with Gasteiger partial charge in [-0.15, -0.1) is 0 Å². The quantitative estimate of drug-likeness (QED) is 0.0808. The van der Waals surface area contributed by atoms with Crippen molar-refractivity contribution in [3.05, 3.63) is 0 Å². The second-order valence-corrected chi connectivity index (χ2v) is 17.4. The van der Waals surface area contributed by atoms with Crippen LogP contribution < -0.4 is 5.32 Å². The first-order chi connectivity index (χ1) is 23.6. The zero-order valence-corrected chi connectivity index (χ0v) is 31.9. The fourth-order valence-electron chi connectivity index (χ4n) is 11.6. The van der Waals surface area contributed by atoms with Gasteiger partial charge in [0.1, 0.15) is 6.04 Å². The molecule has 4 saturated carbocycles. The predicted octanol–water partition coefficient (Wildman–Crippen LogP) is 10.6. The molecular formula is C43H77N3O2. The number of amides is 2. The van der Waals surface area contributed by atoms with Crippen LogP contribution in [0.15, 0.2) is 0 Å². The highest BCUT2D eigenvalue weighted by Gasteiger charge is 2.88. The third-order valence-corrected chi connectivity index (χ3v) is 14.2. The molecule has 5 fully saturated rings. The molecule has 1 aliphatic heterocycles. The average molecular weight is 668 g/mol. The van der Waals surface area contributed by atoms with Crippen molar-refractivity contribution in [3.8, 4) is 0 Å². The van der Waals surface area contributed by atoms with Gasteiger partial charge in [-0.05, 0) is 95.2 Å². The van der Waals surface area contributed by atoms with E-state index >= 15 is 0 Å². The molecule has 1 saturated heterocycles. The number of carbonyl (C=O) groups is 2. The molecule has 0 aromatic carbocycles. The van der Waals surface area contributed by atoms with E-state index in [1.807, 2.05) is 0 Å². The maximum atomic E-state index is 14.3. The van der Waals surface area contributed by atoms with E-state index in [1.165, 1.54) is 161 Å². The maximum Gasteiger partial charge on any atom is 0.243 e. The summed E-state index contributed by atoms with van der Waals surface area (Å²) in [7, 11) is 0. The van der Waals surface area contributed by atoms with Gasteiger partial charge in [0.05, 0.1) is 0 Å². The molecule has 3 unspecified atom stereocenters. The minimum absolute atomic E-state index is 0.0822. The molecule has 0 aromatic rings. The fraction of sp³-hybridized carbons (Fsp3) is 0.953. The summed E-state index contributed by atoms with van der Waals surface area (Å²) >= 11 is 0. The summed E-state index contributed by atoms with van der Waals surface area (Å²) in [6, 6.07) is -0.281. The summed E-state index contributed by atoms with van der Waals surface area (Å²) in [6.07, 6.45) is 36.3. The van der Waals surface area contributed by atoms with Gasteiger partial charge >= 0.3 is 0 Å². The van der Waals surface area contributed by atoms with Gasteiger partial charge < -0.3 is 15.1 Å². The van der Waals surface area contributed by atoms with Crippen molar-refractivity contribution in [1.29, 1.82) is 0 Å². The van der Waals surface area contributed by atoms with Crippen molar-refractivity contribution in [2.45, 2.75) is 212 Å². The fourth-order valence-corrected chi connectivity index (χ4v) is 11.6. The van der Waals surface area contributed by atoms with Crippen molar-refractivity contribution < 1.29 is 9.59 Å². The predicted molar refractivity (Wildman–Crippen MR) is 201 cm³/mol. The molecule has 276 valence electrons. The summed E-state index contributed by atoms with van der Waals surface area (Å²) in [5, 5.41) is 3.72. The van der Waals surface area contributed by atoms with E-state index in [4.69, 9.17) is 0 Å². The first kappa shape index (κ1) is 38.1. The average Bonchev–Trinajstić information content (AvgIpc) is 3.57. The van der Waals surface area contributed by atoms with Crippen LogP contribution in [0.4, 0.5) is 0 Å². The number of nitrogens with zero attached hydrogens (tertiary/aromatic N) is 2. The molecular weight excluding hydrogens is 590 g/mol. The summed E-state index contributed by atoms with van der Waals surface area (Å²) in [6.45, 7) is 8.76. The van der Waals surface area contributed by atoms with E-state index in [0.29, 0.717) is 11.8 Å². The van der Waals surface area contributed by atoms with E-state index in [1.54, 1.807) is 0 Å². The molecule has 1 spiro atoms. The molecule has 5 aliphatic rings. The highest BCUT2D eigenvalue weighted by atomic mass is 16.2. The van der Waals surface area contributed by atoms with Gasteiger partial charge in [-0.2, -0.15) is 0 Å². The van der Waals surface area contributed by atoms with Crippen LogP contribution in [0.1, 0.15) is 200 Å². The number of unbranched alkanes of at least 4 members (excludes halogenated alkanes) is 18. The Labute approximate surface area is 296 Å². The first-order valence-corrected chi connectivity index (χ1v) is 21.9. The van der Waals surface area contributed by atoms with Crippen LogP contribution in [0.2, 0.25) is 0 Å². The lowest BCUT2D eigenvalue weighted by atomic mass is 9.15. The minimum atomic E-state index is -0.281. The molecule has 5 rings (SSSR count). The standard InChI is InChI=1S/C43H77N3O2/c1-3-5-7-9-11-12-13-14-15-16-17-18-20-22-27-40(47)46(31-25-30-45-28-23-24-29-45)39(26-21-19-10-8-6-4-2)41(48)44-42-34-37-32-36-33-38(35-42)43(36,37)42/h36-39H,3-35H2,1-2H3,(H,44,48). The number of hydrogen-bond donors (Lipinski definition) is 1. The lowest BCUT2D eigenvalue weighted by molar-refractivity contribution is -0.394. The van der Waals surface area contributed by atoms with Crippen LogP contribution in [0, 0.1) is 23.2 Å². The lowest BCUT2D eigenvalue weighted by Crippen LogP contribution is -2.93. The molecule has 3 atom stereocenters. The highest BCUT2D eigenvalue weighted by molar-refractivity contribution is 5.88. The van der Waals surface area contributed by atoms with Gasteiger partial charge in [0.25, 0.3) is 0 Å². The molecule has 48 heavy (non-hydrogen) atoms. The van der Waals surface area contributed by atoms with Crippen LogP contribution in [-0.4, -0.2) is 59.4 Å². The Balaban J connectivity index is 1.08. The number of likely N-dealkylation sites (tertiary alicyclic amines) is 1. The monoisotopic (exact) mass is 668 g/mol. The molecule has 5 nitrogen and oxygen atoms in total. The Morgan fingerprint density at radius 1 is 0.667 bits per heavy atom. The minimum Gasteiger partial charge on any atom is -0.348 e. The summed E-state index contributed by atoms with van der Waals surface area (Å²) in [4.78, 5) is 33.1. The summed E-state index contributed by atoms with van der Waals surface area (Å²) < 4.78 is 0. The number of rotatable bonds is 29. The van der Waals surface area contributed by atoms with Crippen LogP contribution in [0.3, 0.4) is 0 Å². The zero-order chi connectivity index (χ0) is 33.7. The van der Waals surface area contributed by atoms with Gasteiger partial charge in [-0.25, -0.2) is 0 Å². The molecule has 4 aliphatic carbocycles. The van der Waals surface area contributed by atoms with Gasteiger partial charge in [0.15, 0.2) is 0 Å². The molecule has 5 heteroatoms. The Morgan fingerprint density at radius 3 is 1.67 bits per heavy atom. The summed E-state index contributed by atoms with van der Waals surface area (Å²) in [5.74, 6) is 3.09. The molecule has 1 heterocycles. The molecule has 0 bridgehead atoms. The SMILES string of the molecule is CCCCCCCCCCCCCCCCC(=O)N(CCCN1CCCC1)C(CCCCCCCC)C(=O)NC12CC3CC4CC(C1)C432. The lowest BCUT2D eigenvalue weighted by Gasteiger charge is -2.91.